The number of nitrogens with one attached hydrogen (secondary N) is 2. The van der Waals surface area contributed by atoms with Gasteiger partial charge in [0.15, 0.2) is 0 Å². The van der Waals surface area contributed by atoms with Crippen molar-refractivity contribution < 1.29 is 4.79 Å². The molecule has 2 aliphatic rings. The third-order valence-corrected chi connectivity index (χ3v) is 4.65. The second kappa shape index (κ2) is 6.02. The highest BCUT2D eigenvalue weighted by Crippen LogP contribution is 2.32. The molecule has 0 saturated carbocycles. The number of piperidine rings is 1. The fraction of sp³-hybridized carbons (Fsp3) is 0.625. The Morgan fingerprint density at radius 2 is 2.05 bits per heavy atom. The fourth-order valence-electron chi connectivity index (χ4n) is 3.67. The number of carbonyl (C=O) groups excluding carboxylic acids is 1. The van der Waals surface area contributed by atoms with Crippen LogP contribution in [0, 0.1) is 5.92 Å². The molecule has 5 heteroatoms. The summed E-state index contributed by atoms with van der Waals surface area (Å²) in [7, 11) is 0. The van der Waals surface area contributed by atoms with Gasteiger partial charge in [0.05, 0.1) is 5.69 Å². The van der Waals surface area contributed by atoms with Crippen LogP contribution in [0.5, 0.6) is 0 Å². The Bertz CT molecular complexity index is 569. The van der Waals surface area contributed by atoms with Crippen LogP contribution in [0.15, 0.2) is 23.1 Å². The molecule has 2 N–H and O–H groups in total. The zero-order valence-corrected chi connectivity index (χ0v) is 12.5. The summed E-state index contributed by atoms with van der Waals surface area (Å²) in [6, 6.07) is 4.41. The van der Waals surface area contributed by atoms with Gasteiger partial charge in [-0.3, -0.25) is 9.59 Å². The van der Waals surface area contributed by atoms with Gasteiger partial charge in [-0.2, -0.15) is 0 Å². The monoisotopic (exact) mass is 289 g/mol. The maximum absolute atomic E-state index is 12.2. The summed E-state index contributed by atoms with van der Waals surface area (Å²) in [6.45, 7) is 2.53. The van der Waals surface area contributed by atoms with Crippen LogP contribution in [-0.2, 0) is 11.3 Å². The molecule has 2 bridgehead atoms. The second-order valence-corrected chi connectivity index (χ2v) is 6.27. The number of hydrogen-bond acceptors (Lipinski definition) is 3. The topological polar surface area (TPSA) is 63.1 Å². The number of pyridine rings is 1. The summed E-state index contributed by atoms with van der Waals surface area (Å²) >= 11 is 0. The highest BCUT2D eigenvalue weighted by Gasteiger charge is 2.34. The molecule has 5 nitrogen and oxygen atoms in total. The van der Waals surface area contributed by atoms with Crippen molar-refractivity contribution in [3.05, 3.63) is 28.7 Å². The molecule has 0 aliphatic carbocycles. The number of aryl methyl sites for hydroxylation is 1. The van der Waals surface area contributed by atoms with E-state index in [2.05, 4.69) is 10.6 Å². The lowest BCUT2D eigenvalue weighted by Crippen LogP contribution is -2.39. The van der Waals surface area contributed by atoms with E-state index in [4.69, 9.17) is 0 Å². The number of rotatable bonds is 4. The lowest BCUT2D eigenvalue weighted by molar-refractivity contribution is -0.117. The molecule has 1 aromatic rings. The Balaban J connectivity index is 1.58. The van der Waals surface area contributed by atoms with E-state index in [1.54, 1.807) is 16.8 Å². The number of anilines is 1. The standard InChI is InChI=1S/C16H23N3O2/c1-2-19-10-14(5-6-16(19)21)18-15(20)9-11-7-12-3-4-13(8-11)17-12/h5-6,10-13,17H,2-4,7-9H2,1H3,(H,18,20). The van der Waals surface area contributed by atoms with Crippen molar-refractivity contribution >= 4 is 11.6 Å². The van der Waals surface area contributed by atoms with Crippen LogP contribution in [0.25, 0.3) is 0 Å². The smallest absolute Gasteiger partial charge is 0.250 e. The van der Waals surface area contributed by atoms with Gasteiger partial charge in [-0.15, -0.1) is 0 Å². The van der Waals surface area contributed by atoms with Crippen molar-refractivity contribution in [2.24, 2.45) is 5.92 Å². The number of carbonyl (C=O) groups is 1. The first kappa shape index (κ1) is 14.3. The lowest BCUT2D eigenvalue weighted by Gasteiger charge is -2.28. The van der Waals surface area contributed by atoms with Gasteiger partial charge in [0.1, 0.15) is 0 Å². The Morgan fingerprint density at radius 3 is 2.71 bits per heavy atom. The van der Waals surface area contributed by atoms with Crippen molar-refractivity contribution in [3.63, 3.8) is 0 Å². The average Bonchev–Trinajstić information content (AvgIpc) is 2.80. The quantitative estimate of drug-likeness (QED) is 0.887. The zero-order valence-electron chi connectivity index (χ0n) is 12.5. The molecule has 0 radical (unpaired) electrons. The molecule has 3 heterocycles. The van der Waals surface area contributed by atoms with Crippen molar-refractivity contribution in [2.45, 2.75) is 57.7 Å². The van der Waals surface area contributed by atoms with Crippen molar-refractivity contribution in [3.8, 4) is 0 Å². The van der Waals surface area contributed by atoms with Crippen LogP contribution < -0.4 is 16.2 Å². The minimum Gasteiger partial charge on any atom is -0.325 e. The molecular weight excluding hydrogens is 266 g/mol. The van der Waals surface area contributed by atoms with Crippen molar-refractivity contribution in [1.29, 1.82) is 0 Å². The normalized spacial score (nSPS) is 27.6. The lowest BCUT2D eigenvalue weighted by atomic mass is 9.89. The van der Waals surface area contributed by atoms with Gasteiger partial charge in [0, 0.05) is 37.3 Å². The van der Waals surface area contributed by atoms with Crippen LogP contribution in [0.2, 0.25) is 0 Å². The van der Waals surface area contributed by atoms with Crippen LogP contribution in [0.3, 0.4) is 0 Å². The second-order valence-electron chi connectivity index (χ2n) is 6.27. The van der Waals surface area contributed by atoms with E-state index in [9.17, 15) is 9.59 Å². The van der Waals surface area contributed by atoms with Gasteiger partial charge in [-0.05, 0) is 44.6 Å². The molecule has 0 spiro atoms. The molecule has 2 fully saturated rings. The molecule has 2 aliphatic heterocycles. The Labute approximate surface area is 124 Å². The maximum Gasteiger partial charge on any atom is 0.250 e. The van der Waals surface area contributed by atoms with Crippen LogP contribution >= 0.6 is 0 Å². The third kappa shape index (κ3) is 3.35. The average molecular weight is 289 g/mol. The third-order valence-electron chi connectivity index (χ3n) is 4.65. The minimum absolute atomic E-state index is 0.0366. The molecule has 114 valence electrons. The Kier molecular flexibility index (Phi) is 4.10. The van der Waals surface area contributed by atoms with E-state index in [-0.39, 0.29) is 11.5 Å². The molecule has 2 unspecified atom stereocenters. The summed E-state index contributed by atoms with van der Waals surface area (Å²) in [5, 5.41) is 6.52. The van der Waals surface area contributed by atoms with Crippen molar-refractivity contribution in [2.75, 3.05) is 5.32 Å². The van der Waals surface area contributed by atoms with Gasteiger partial charge in [-0.1, -0.05) is 0 Å². The largest absolute Gasteiger partial charge is 0.325 e. The molecule has 21 heavy (non-hydrogen) atoms. The first-order chi connectivity index (χ1) is 10.1. The Morgan fingerprint density at radius 1 is 1.33 bits per heavy atom. The van der Waals surface area contributed by atoms with Gasteiger partial charge in [0.2, 0.25) is 5.91 Å². The molecule has 1 aromatic heterocycles. The first-order valence-corrected chi connectivity index (χ1v) is 7.90. The number of nitrogens with zero attached hydrogens (tertiary/aromatic N) is 1. The number of hydrogen-bond donors (Lipinski definition) is 2. The van der Waals surface area contributed by atoms with Gasteiger partial charge in [0.25, 0.3) is 5.56 Å². The van der Waals surface area contributed by atoms with Crippen molar-refractivity contribution in [1.82, 2.24) is 9.88 Å². The SMILES string of the molecule is CCn1cc(NC(=O)CC2CC3CCC(C2)N3)ccc1=O. The van der Waals surface area contributed by atoms with E-state index in [1.165, 1.54) is 18.9 Å². The summed E-state index contributed by atoms with van der Waals surface area (Å²) in [6.07, 6.45) is 7.03. The van der Waals surface area contributed by atoms with Crippen LogP contribution in [0.4, 0.5) is 5.69 Å². The van der Waals surface area contributed by atoms with Crippen LogP contribution in [-0.4, -0.2) is 22.6 Å². The van der Waals surface area contributed by atoms with E-state index >= 15 is 0 Å². The summed E-state index contributed by atoms with van der Waals surface area (Å²) in [4.78, 5) is 23.7. The molecule has 2 atom stereocenters. The fourth-order valence-corrected chi connectivity index (χ4v) is 3.67. The molecule has 1 amide bonds. The molecular formula is C16H23N3O2. The predicted octanol–water partition coefficient (Wildman–Crippen LogP) is 1.73. The number of fused-ring (bicyclic) bond motifs is 2. The van der Waals surface area contributed by atoms with E-state index in [0.717, 1.165) is 12.8 Å². The first-order valence-electron chi connectivity index (χ1n) is 7.90. The van der Waals surface area contributed by atoms with Crippen LogP contribution in [0.1, 0.15) is 39.0 Å². The molecule has 3 rings (SSSR count). The highest BCUT2D eigenvalue weighted by atomic mass is 16.1. The predicted molar refractivity (Wildman–Crippen MR) is 82.3 cm³/mol. The van der Waals surface area contributed by atoms with Gasteiger partial charge < -0.3 is 15.2 Å². The summed E-state index contributed by atoms with van der Waals surface area (Å²) in [5.74, 6) is 0.545. The maximum atomic E-state index is 12.2. The van der Waals surface area contributed by atoms with Gasteiger partial charge >= 0.3 is 0 Å². The highest BCUT2D eigenvalue weighted by molar-refractivity contribution is 5.90. The van der Waals surface area contributed by atoms with Gasteiger partial charge in [-0.25, -0.2) is 0 Å². The molecule has 2 saturated heterocycles. The number of aromatic nitrogens is 1. The molecule has 0 aromatic carbocycles. The zero-order chi connectivity index (χ0) is 14.8. The van der Waals surface area contributed by atoms with E-state index in [0.29, 0.717) is 36.7 Å². The van der Waals surface area contributed by atoms with E-state index in [1.807, 2.05) is 6.92 Å². The van der Waals surface area contributed by atoms with E-state index < -0.39 is 0 Å². The minimum atomic E-state index is -0.0366. The number of amides is 1. The summed E-state index contributed by atoms with van der Waals surface area (Å²) in [5.41, 5.74) is 0.670. The summed E-state index contributed by atoms with van der Waals surface area (Å²) < 4.78 is 1.60. The Hall–Kier alpha value is -1.62.